The molecule has 0 radical (unpaired) electrons. The van der Waals surface area contributed by atoms with Gasteiger partial charge in [-0.15, -0.1) is 0 Å². The Hall–Kier alpha value is -2.20. The molecule has 5 heteroatoms. The maximum atomic E-state index is 12.2. The van der Waals surface area contributed by atoms with Gasteiger partial charge in [-0.25, -0.2) is 0 Å². The van der Waals surface area contributed by atoms with E-state index in [4.69, 9.17) is 16.3 Å². The van der Waals surface area contributed by atoms with Gasteiger partial charge in [-0.2, -0.15) is 0 Å². The summed E-state index contributed by atoms with van der Waals surface area (Å²) in [4.78, 5) is 12.2. The molecule has 0 spiro atoms. The number of fused-ring (bicyclic) bond motifs is 1. The molecule has 3 rings (SSSR count). The van der Waals surface area contributed by atoms with Crippen LogP contribution in [0.25, 0.3) is 0 Å². The summed E-state index contributed by atoms with van der Waals surface area (Å²) in [6.45, 7) is 0. The summed E-state index contributed by atoms with van der Waals surface area (Å²) in [6.07, 6.45) is 0.335. The lowest BCUT2D eigenvalue weighted by Crippen LogP contribution is -2.22. The maximum Gasteiger partial charge on any atom is 0.176 e. The number of hydrogen-bond acceptors (Lipinski definition) is 4. The van der Waals surface area contributed by atoms with Gasteiger partial charge < -0.3 is 15.2 Å². The number of halogens is 1. The predicted octanol–water partition coefficient (Wildman–Crippen LogP) is 3.79. The number of methoxy groups -OCH3 is 1. The van der Waals surface area contributed by atoms with Crippen LogP contribution in [0.5, 0.6) is 11.5 Å². The second-order valence-electron chi connectivity index (χ2n) is 4.92. The number of aromatic hydroxyl groups is 1. The van der Waals surface area contributed by atoms with Crippen LogP contribution >= 0.6 is 11.6 Å². The second kappa shape index (κ2) is 5.30. The molecule has 0 bridgehead atoms. The molecule has 108 valence electrons. The summed E-state index contributed by atoms with van der Waals surface area (Å²) >= 11 is 6.01. The first-order valence-corrected chi connectivity index (χ1v) is 6.93. The summed E-state index contributed by atoms with van der Waals surface area (Å²) in [5, 5.41) is 13.3. The van der Waals surface area contributed by atoms with E-state index in [0.29, 0.717) is 17.7 Å². The number of carbonyl (C=O) groups is 1. The molecule has 0 saturated heterocycles. The molecule has 21 heavy (non-hydrogen) atoms. The molecular weight excluding hydrogens is 290 g/mol. The minimum absolute atomic E-state index is 0.0810. The fraction of sp³-hybridized carbons (Fsp3) is 0.188. The summed E-state index contributed by atoms with van der Waals surface area (Å²) in [6, 6.07) is 10.6. The van der Waals surface area contributed by atoms with Crippen LogP contribution in [0, 0.1) is 0 Å². The first-order valence-electron chi connectivity index (χ1n) is 6.55. The fourth-order valence-corrected chi connectivity index (χ4v) is 2.76. The lowest BCUT2D eigenvalue weighted by molar-refractivity contribution is 0.0972. The number of nitrogens with one attached hydrogen (secondary N) is 1. The highest BCUT2D eigenvalue weighted by Crippen LogP contribution is 2.40. The molecule has 0 saturated carbocycles. The molecule has 4 nitrogen and oxygen atoms in total. The van der Waals surface area contributed by atoms with Crippen molar-refractivity contribution in [1.82, 2.24) is 0 Å². The van der Waals surface area contributed by atoms with Crippen LogP contribution in [0.3, 0.4) is 0 Å². The Morgan fingerprint density at radius 2 is 2.10 bits per heavy atom. The molecule has 1 aliphatic heterocycles. The van der Waals surface area contributed by atoms with E-state index < -0.39 is 0 Å². The number of phenolic OH excluding ortho intramolecular Hbond substituents is 1. The zero-order valence-corrected chi connectivity index (χ0v) is 12.1. The number of Topliss-reactive ketones (excluding diaryl/α,β-unsaturated/α-hetero) is 1. The largest absolute Gasteiger partial charge is 0.503 e. The molecule has 2 aromatic rings. The minimum atomic E-state index is -0.195. The predicted molar refractivity (Wildman–Crippen MR) is 81.4 cm³/mol. The number of hydrogen-bond donors (Lipinski definition) is 2. The number of phenols is 1. The van der Waals surface area contributed by atoms with E-state index in [2.05, 4.69) is 5.32 Å². The third-order valence-electron chi connectivity index (χ3n) is 3.62. The van der Waals surface area contributed by atoms with Crippen molar-refractivity contribution in [2.75, 3.05) is 12.4 Å². The van der Waals surface area contributed by atoms with Gasteiger partial charge in [0.05, 0.1) is 18.2 Å². The highest BCUT2D eigenvalue weighted by molar-refractivity contribution is 6.32. The third-order valence-corrected chi connectivity index (χ3v) is 3.91. The van der Waals surface area contributed by atoms with E-state index in [1.54, 1.807) is 12.1 Å². The van der Waals surface area contributed by atoms with Gasteiger partial charge in [0.1, 0.15) is 0 Å². The zero-order valence-electron chi connectivity index (χ0n) is 11.4. The lowest BCUT2D eigenvalue weighted by atomic mass is 9.92. The summed E-state index contributed by atoms with van der Waals surface area (Å²) < 4.78 is 5.11. The van der Waals surface area contributed by atoms with Gasteiger partial charge >= 0.3 is 0 Å². The molecule has 0 aliphatic carbocycles. The average Bonchev–Trinajstić information content (AvgIpc) is 2.50. The van der Waals surface area contributed by atoms with Gasteiger partial charge in [0, 0.05) is 17.7 Å². The normalized spacial score (nSPS) is 17.0. The van der Waals surface area contributed by atoms with Crippen LogP contribution in [0.2, 0.25) is 5.02 Å². The van der Waals surface area contributed by atoms with E-state index in [-0.39, 0.29) is 22.6 Å². The average molecular weight is 304 g/mol. The summed E-state index contributed by atoms with van der Waals surface area (Å²) in [7, 11) is 1.46. The molecule has 0 fully saturated rings. The number of para-hydroxylation sites is 1. The highest BCUT2D eigenvalue weighted by atomic mass is 35.5. The second-order valence-corrected chi connectivity index (χ2v) is 5.33. The number of ether oxygens (including phenoxy) is 1. The van der Waals surface area contributed by atoms with Crippen molar-refractivity contribution in [3.05, 3.63) is 52.5 Å². The molecular formula is C16H14ClNO3. The van der Waals surface area contributed by atoms with E-state index >= 15 is 0 Å². The summed E-state index contributed by atoms with van der Waals surface area (Å²) in [5.74, 6) is 0.286. The molecule has 0 amide bonds. The van der Waals surface area contributed by atoms with Crippen molar-refractivity contribution in [3.63, 3.8) is 0 Å². The molecule has 0 aromatic heterocycles. The molecule has 1 heterocycles. The van der Waals surface area contributed by atoms with Crippen LogP contribution < -0.4 is 10.1 Å². The van der Waals surface area contributed by atoms with E-state index in [1.807, 2.05) is 24.3 Å². The van der Waals surface area contributed by atoms with Gasteiger partial charge in [0.2, 0.25) is 0 Å². The van der Waals surface area contributed by atoms with Gasteiger partial charge in [-0.05, 0) is 29.8 Å². The number of anilines is 1. The van der Waals surface area contributed by atoms with Crippen LogP contribution in [-0.4, -0.2) is 18.0 Å². The van der Waals surface area contributed by atoms with Crippen molar-refractivity contribution < 1.29 is 14.6 Å². The van der Waals surface area contributed by atoms with Crippen molar-refractivity contribution >= 4 is 23.1 Å². The van der Waals surface area contributed by atoms with Crippen LogP contribution in [0.15, 0.2) is 36.4 Å². The Morgan fingerprint density at radius 3 is 2.86 bits per heavy atom. The molecule has 2 aromatic carbocycles. The third kappa shape index (κ3) is 2.43. The number of benzene rings is 2. The summed E-state index contributed by atoms with van der Waals surface area (Å²) in [5.41, 5.74) is 2.31. The van der Waals surface area contributed by atoms with Crippen molar-refractivity contribution in [1.29, 1.82) is 0 Å². The van der Waals surface area contributed by atoms with E-state index in [0.717, 1.165) is 11.3 Å². The molecule has 1 atom stereocenters. The highest BCUT2D eigenvalue weighted by Gasteiger charge is 2.26. The van der Waals surface area contributed by atoms with E-state index in [1.165, 1.54) is 7.11 Å². The first kappa shape index (κ1) is 13.8. The Bertz CT molecular complexity index is 715. The number of carbonyl (C=O) groups excluding carboxylic acids is 1. The molecule has 1 unspecified atom stereocenters. The van der Waals surface area contributed by atoms with E-state index in [9.17, 15) is 9.90 Å². The molecule has 2 N–H and O–H groups in total. The Morgan fingerprint density at radius 1 is 1.33 bits per heavy atom. The number of rotatable bonds is 2. The monoisotopic (exact) mass is 303 g/mol. The standard InChI is InChI=1S/C16H14ClNO3/c1-21-15-7-9(6-11(17)16(15)20)13-8-14(19)10-4-2-3-5-12(10)18-13/h2-7,13,18,20H,8H2,1H3. The smallest absolute Gasteiger partial charge is 0.176 e. The van der Waals surface area contributed by atoms with Crippen molar-refractivity contribution in [2.45, 2.75) is 12.5 Å². The van der Waals surface area contributed by atoms with Crippen molar-refractivity contribution in [3.8, 4) is 11.5 Å². The lowest BCUT2D eigenvalue weighted by Gasteiger charge is -2.27. The SMILES string of the molecule is COc1cc(C2CC(=O)c3ccccc3N2)cc(Cl)c1O. The van der Waals surface area contributed by atoms with Crippen molar-refractivity contribution in [2.24, 2.45) is 0 Å². The minimum Gasteiger partial charge on any atom is -0.503 e. The van der Waals surface area contributed by atoms with Crippen LogP contribution in [0.1, 0.15) is 28.4 Å². The zero-order chi connectivity index (χ0) is 15.0. The molecule has 1 aliphatic rings. The van der Waals surface area contributed by atoms with Gasteiger partial charge in [0.15, 0.2) is 17.3 Å². The fourth-order valence-electron chi connectivity index (χ4n) is 2.54. The first-order chi connectivity index (χ1) is 10.1. The quantitative estimate of drug-likeness (QED) is 0.886. The van der Waals surface area contributed by atoms with Crippen LogP contribution in [-0.2, 0) is 0 Å². The van der Waals surface area contributed by atoms with Gasteiger partial charge in [-0.3, -0.25) is 4.79 Å². The maximum absolute atomic E-state index is 12.2. The topological polar surface area (TPSA) is 58.6 Å². The van der Waals surface area contributed by atoms with Gasteiger partial charge in [0.25, 0.3) is 0 Å². The Labute approximate surface area is 127 Å². The number of ketones is 1. The van der Waals surface area contributed by atoms with Gasteiger partial charge in [-0.1, -0.05) is 23.7 Å². The van der Waals surface area contributed by atoms with Crippen LogP contribution in [0.4, 0.5) is 5.69 Å². The Balaban J connectivity index is 2.00. The Kier molecular flexibility index (Phi) is 3.47.